The lowest BCUT2D eigenvalue weighted by Crippen LogP contribution is -2.21. The molecule has 3 aromatic rings. The Morgan fingerprint density at radius 3 is 2.32 bits per heavy atom. The molecular formula is C24H26N6O4. The number of aryl methyl sites for hydroxylation is 2. The molecule has 0 spiro atoms. The Bertz CT molecular complexity index is 1270. The van der Waals surface area contributed by atoms with Crippen LogP contribution in [0.3, 0.4) is 0 Å². The second-order valence-corrected chi connectivity index (χ2v) is 7.40. The number of rotatable bonds is 8. The normalized spacial score (nSPS) is 11.3. The van der Waals surface area contributed by atoms with Gasteiger partial charge in [-0.2, -0.15) is 15.5 Å². The summed E-state index contributed by atoms with van der Waals surface area (Å²) >= 11 is 0. The minimum absolute atomic E-state index is 0.0500. The van der Waals surface area contributed by atoms with Crippen molar-refractivity contribution in [3.05, 3.63) is 64.0 Å². The molecule has 0 saturated carbocycles. The molecule has 0 radical (unpaired) electrons. The molecule has 34 heavy (non-hydrogen) atoms. The zero-order valence-corrected chi connectivity index (χ0v) is 19.6. The van der Waals surface area contributed by atoms with Crippen LogP contribution in [0.4, 0.5) is 5.69 Å². The predicted molar refractivity (Wildman–Crippen MR) is 127 cm³/mol. The van der Waals surface area contributed by atoms with E-state index in [9.17, 15) is 5.26 Å². The summed E-state index contributed by atoms with van der Waals surface area (Å²) in [5.74, 6) is 1.26. The van der Waals surface area contributed by atoms with E-state index < -0.39 is 6.23 Å². The molecule has 0 aliphatic rings. The van der Waals surface area contributed by atoms with Crippen molar-refractivity contribution >= 4 is 11.4 Å². The maximum atomic E-state index is 9.52. The van der Waals surface area contributed by atoms with E-state index in [4.69, 9.17) is 35.8 Å². The Morgan fingerprint density at radius 2 is 1.74 bits per heavy atom. The van der Waals surface area contributed by atoms with Gasteiger partial charge < -0.3 is 24.7 Å². The molecule has 176 valence electrons. The monoisotopic (exact) mass is 462 g/mol. The second-order valence-electron chi connectivity index (χ2n) is 7.40. The third kappa shape index (κ3) is 4.55. The van der Waals surface area contributed by atoms with Crippen LogP contribution < -0.4 is 30.4 Å². The van der Waals surface area contributed by atoms with E-state index >= 15 is 0 Å². The highest BCUT2D eigenvalue weighted by atomic mass is 16.5. The van der Waals surface area contributed by atoms with E-state index in [-0.39, 0.29) is 22.7 Å². The predicted octanol–water partition coefficient (Wildman–Crippen LogP) is 3.03. The van der Waals surface area contributed by atoms with Gasteiger partial charge in [0, 0.05) is 28.4 Å². The molecular weight excluding hydrogens is 436 g/mol. The van der Waals surface area contributed by atoms with Gasteiger partial charge in [-0.1, -0.05) is 0 Å². The molecule has 3 rings (SSSR count). The minimum Gasteiger partial charge on any atom is -0.493 e. The Kier molecular flexibility index (Phi) is 7.18. The average Bonchev–Trinajstić information content (AvgIpc) is 2.83. The summed E-state index contributed by atoms with van der Waals surface area (Å²) in [6, 6.07) is 8.34. The quantitative estimate of drug-likeness (QED) is 0.259. The summed E-state index contributed by atoms with van der Waals surface area (Å²) < 4.78 is 22.1. The fraction of sp³-hybridized carbons (Fsp3) is 0.250. The second kappa shape index (κ2) is 10.1. The number of nitriles is 1. The van der Waals surface area contributed by atoms with Gasteiger partial charge in [0.1, 0.15) is 6.07 Å². The zero-order chi connectivity index (χ0) is 25.0. The van der Waals surface area contributed by atoms with Gasteiger partial charge >= 0.3 is 0 Å². The van der Waals surface area contributed by atoms with Crippen molar-refractivity contribution in [1.82, 2.24) is 10.2 Å². The largest absolute Gasteiger partial charge is 0.493 e. The molecule has 0 aliphatic heterocycles. The molecule has 2 aromatic carbocycles. The van der Waals surface area contributed by atoms with Crippen molar-refractivity contribution in [3.63, 3.8) is 0 Å². The molecule has 0 unspecified atom stereocenters. The van der Waals surface area contributed by atoms with Gasteiger partial charge in [-0.05, 0) is 37.6 Å². The van der Waals surface area contributed by atoms with Gasteiger partial charge in [-0.25, -0.2) is 0 Å². The maximum Gasteiger partial charge on any atom is 0.178 e. The first-order chi connectivity index (χ1) is 16.2. The smallest absolute Gasteiger partial charge is 0.178 e. The number of aromatic nitrogens is 2. The topological polar surface area (TPSA) is 162 Å². The lowest BCUT2D eigenvalue weighted by atomic mass is 9.98. The Morgan fingerprint density at radius 1 is 1.03 bits per heavy atom. The number of nitrogen functional groups attached to an aromatic ring is 1. The number of anilines is 1. The summed E-state index contributed by atoms with van der Waals surface area (Å²) in [6.45, 7) is 3.66. The van der Waals surface area contributed by atoms with Crippen LogP contribution >= 0.6 is 0 Å². The van der Waals surface area contributed by atoms with E-state index in [2.05, 4.69) is 16.3 Å². The maximum absolute atomic E-state index is 9.52. The molecule has 0 amide bonds. The highest BCUT2D eigenvalue weighted by Gasteiger charge is 2.21. The van der Waals surface area contributed by atoms with Crippen molar-refractivity contribution < 1.29 is 18.9 Å². The van der Waals surface area contributed by atoms with Crippen molar-refractivity contribution in [2.24, 2.45) is 5.73 Å². The van der Waals surface area contributed by atoms with Crippen LogP contribution in [0.25, 0.3) is 0 Å². The van der Waals surface area contributed by atoms with Gasteiger partial charge in [-0.3, -0.25) is 11.1 Å². The number of nitrogens with zero attached hydrogens (tertiary/aromatic N) is 3. The average molecular weight is 463 g/mol. The fourth-order valence-electron chi connectivity index (χ4n) is 3.63. The number of hydrogen-bond acceptors (Lipinski definition) is 10. The van der Waals surface area contributed by atoms with E-state index in [1.807, 2.05) is 6.92 Å². The number of ether oxygens (including phenoxy) is 4. The molecule has 10 nitrogen and oxygen atoms in total. The highest BCUT2D eigenvalue weighted by molar-refractivity contribution is 6.14. The van der Waals surface area contributed by atoms with Crippen LogP contribution in [0.15, 0.2) is 30.5 Å². The molecule has 1 aromatic heterocycles. The fourth-order valence-corrected chi connectivity index (χ4v) is 3.63. The van der Waals surface area contributed by atoms with Gasteiger partial charge in [0.15, 0.2) is 29.2 Å². The standard InChI is InChI=1S/C24H26N6O4/c1-12-11-29-30-13(2)21(12)24(28)34-19-8-16(17(26)9-18(19)31-3)22(27)14-6-15(10-25)23(33-5)20(7-14)32-4/h6-9,11,24,27H,26,28H2,1-5H3/t24-/m0/s1. The van der Waals surface area contributed by atoms with E-state index in [1.54, 1.807) is 31.3 Å². The molecule has 0 fully saturated rings. The summed E-state index contributed by atoms with van der Waals surface area (Å²) in [7, 11) is 4.38. The molecule has 1 heterocycles. The first-order valence-electron chi connectivity index (χ1n) is 10.2. The zero-order valence-electron chi connectivity index (χ0n) is 19.6. The number of nitrogens with two attached hydrogens (primary N) is 2. The first-order valence-corrected chi connectivity index (χ1v) is 10.2. The highest BCUT2D eigenvalue weighted by Crippen LogP contribution is 2.37. The van der Waals surface area contributed by atoms with Crippen LogP contribution in [-0.2, 0) is 0 Å². The Labute approximate surface area is 197 Å². The number of nitrogens with one attached hydrogen (secondary N) is 1. The lowest BCUT2D eigenvalue weighted by molar-refractivity contribution is 0.202. The number of hydrogen-bond donors (Lipinski definition) is 3. The summed E-state index contributed by atoms with van der Waals surface area (Å²) in [6.07, 6.45) is 0.748. The molecule has 0 saturated heterocycles. The summed E-state index contributed by atoms with van der Waals surface area (Å²) in [5.41, 5.74) is 16.1. The van der Waals surface area contributed by atoms with Gasteiger partial charge in [0.25, 0.3) is 0 Å². The van der Waals surface area contributed by atoms with Crippen LogP contribution in [0.5, 0.6) is 23.0 Å². The molecule has 0 bridgehead atoms. The van der Waals surface area contributed by atoms with Crippen LogP contribution in [0, 0.1) is 30.6 Å². The van der Waals surface area contributed by atoms with Gasteiger partial charge in [-0.15, -0.1) is 0 Å². The first kappa shape index (κ1) is 24.3. The number of benzene rings is 2. The third-order valence-corrected chi connectivity index (χ3v) is 5.31. The Balaban J connectivity index is 2.06. The van der Waals surface area contributed by atoms with Crippen molar-refractivity contribution in [1.29, 1.82) is 10.7 Å². The lowest BCUT2D eigenvalue weighted by Gasteiger charge is -2.21. The van der Waals surface area contributed by atoms with Crippen molar-refractivity contribution in [3.8, 4) is 29.1 Å². The molecule has 1 atom stereocenters. The minimum atomic E-state index is -0.860. The molecule has 10 heteroatoms. The van der Waals surface area contributed by atoms with Crippen LogP contribution in [-0.4, -0.2) is 37.2 Å². The molecule has 0 aliphatic carbocycles. The SMILES string of the molecule is COc1cc(N)c(C(=N)c2cc(C#N)c(OC)c(OC)c2)cc1O[C@H](N)c1c(C)cnnc1C. The summed E-state index contributed by atoms with van der Waals surface area (Å²) in [5, 5.41) is 26.3. The number of methoxy groups -OCH3 is 3. The van der Waals surface area contributed by atoms with Crippen LogP contribution in [0.2, 0.25) is 0 Å². The van der Waals surface area contributed by atoms with Gasteiger partial charge in [0.2, 0.25) is 0 Å². The van der Waals surface area contributed by atoms with E-state index in [1.165, 1.54) is 27.4 Å². The Hall–Kier alpha value is -4.36. The van der Waals surface area contributed by atoms with Crippen LogP contribution in [0.1, 0.15) is 39.7 Å². The molecule has 5 N–H and O–H groups in total. The summed E-state index contributed by atoms with van der Waals surface area (Å²) in [4.78, 5) is 0. The third-order valence-electron chi connectivity index (χ3n) is 5.31. The van der Waals surface area contributed by atoms with Gasteiger partial charge in [0.05, 0.1) is 44.5 Å². The van der Waals surface area contributed by atoms with E-state index in [0.29, 0.717) is 39.6 Å². The van der Waals surface area contributed by atoms with Crippen molar-refractivity contribution in [2.75, 3.05) is 27.1 Å². The van der Waals surface area contributed by atoms with Crippen molar-refractivity contribution in [2.45, 2.75) is 20.1 Å². The van der Waals surface area contributed by atoms with E-state index in [0.717, 1.165) is 5.56 Å².